The van der Waals surface area contributed by atoms with Gasteiger partial charge in [-0.3, -0.25) is 10.1 Å². The molecule has 1 heterocycles. The van der Waals surface area contributed by atoms with Crippen molar-refractivity contribution in [1.29, 1.82) is 0 Å². The zero-order valence-electron chi connectivity index (χ0n) is 6.15. The van der Waals surface area contributed by atoms with E-state index in [4.69, 9.17) is 0 Å². The van der Waals surface area contributed by atoms with Crippen LogP contribution in [0.2, 0.25) is 0 Å². The van der Waals surface area contributed by atoms with Gasteiger partial charge < -0.3 is 0 Å². The first-order valence-corrected chi connectivity index (χ1v) is 5.54. The molecule has 1 atom stereocenters. The second kappa shape index (κ2) is 2.53. The first kappa shape index (κ1) is 9.66. The van der Waals surface area contributed by atoms with Gasteiger partial charge in [-0.1, -0.05) is 0 Å². The average Bonchev–Trinajstić information content (AvgIpc) is 2.03. The maximum atomic E-state index is 11.0. The molecule has 5 nitrogen and oxygen atoms in total. The molecule has 68 valence electrons. The molecule has 0 radical (unpaired) electrons. The molecule has 0 N–H and O–H groups in total. The molecule has 1 rings (SSSR count). The summed E-state index contributed by atoms with van der Waals surface area (Å²) >= 11 is 2.80. The largest absolute Gasteiger partial charge is 0.310 e. The standard InChI is InChI=1S/C5H6BrNO4S/c1-4-2-12(10,11)3-5(4,6)7(8)9/h2H,3H2,1H3/t5-/m0/s1. The van der Waals surface area contributed by atoms with E-state index in [1.807, 2.05) is 0 Å². The fourth-order valence-electron chi connectivity index (χ4n) is 0.978. The zero-order valence-corrected chi connectivity index (χ0v) is 8.55. The van der Waals surface area contributed by atoms with E-state index in [1.165, 1.54) is 6.92 Å². The van der Waals surface area contributed by atoms with Crippen molar-refractivity contribution in [2.24, 2.45) is 0 Å². The van der Waals surface area contributed by atoms with E-state index < -0.39 is 25.0 Å². The van der Waals surface area contributed by atoms with Crippen LogP contribution >= 0.6 is 15.9 Å². The number of halogens is 1. The summed E-state index contributed by atoms with van der Waals surface area (Å²) in [5.41, 5.74) is 0.215. The Morgan fingerprint density at radius 2 is 2.25 bits per heavy atom. The Bertz CT molecular complexity index is 360. The quantitative estimate of drug-likeness (QED) is 0.299. The van der Waals surface area contributed by atoms with Crippen LogP contribution in [0.3, 0.4) is 0 Å². The monoisotopic (exact) mass is 255 g/mol. The van der Waals surface area contributed by atoms with E-state index in [0.29, 0.717) is 0 Å². The molecule has 0 aromatic rings. The lowest BCUT2D eigenvalue weighted by molar-refractivity contribution is -0.518. The summed E-state index contributed by atoms with van der Waals surface area (Å²) < 4.78 is 20.3. The number of sulfone groups is 1. The van der Waals surface area contributed by atoms with E-state index in [2.05, 4.69) is 15.9 Å². The minimum Gasteiger partial charge on any atom is -0.263 e. The number of alkyl halides is 1. The van der Waals surface area contributed by atoms with E-state index in [1.54, 1.807) is 0 Å². The van der Waals surface area contributed by atoms with Gasteiger partial charge in [0.1, 0.15) is 5.75 Å². The van der Waals surface area contributed by atoms with Gasteiger partial charge in [-0.25, -0.2) is 8.42 Å². The molecule has 12 heavy (non-hydrogen) atoms. The highest BCUT2D eigenvalue weighted by Gasteiger charge is 2.50. The maximum absolute atomic E-state index is 11.0. The number of hydrogen-bond acceptors (Lipinski definition) is 4. The summed E-state index contributed by atoms with van der Waals surface area (Å²) in [7, 11) is -3.40. The first-order valence-electron chi connectivity index (χ1n) is 3.03. The molecule has 0 saturated carbocycles. The number of nitro groups is 1. The van der Waals surface area contributed by atoms with Gasteiger partial charge in [-0.05, 0) is 6.92 Å². The minimum atomic E-state index is -3.40. The number of nitrogens with zero attached hydrogens (tertiary/aromatic N) is 1. The van der Waals surface area contributed by atoms with Crippen molar-refractivity contribution >= 4 is 25.8 Å². The molecule has 0 fully saturated rings. The van der Waals surface area contributed by atoms with E-state index in [9.17, 15) is 18.5 Å². The minimum absolute atomic E-state index is 0.215. The van der Waals surface area contributed by atoms with Crippen molar-refractivity contribution in [1.82, 2.24) is 0 Å². The summed E-state index contributed by atoms with van der Waals surface area (Å²) in [5, 5.41) is 11.4. The summed E-state index contributed by atoms with van der Waals surface area (Å²) in [4.78, 5) is 9.84. The molecule has 0 aromatic heterocycles. The van der Waals surface area contributed by atoms with Crippen LogP contribution in [0.15, 0.2) is 11.0 Å². The van der Waals surface area contributed by atoms with Crippen LogP contribution in [-0.4, -0.2) is 23.5 Å². The Balaban J connectivity index is 3.20. The van der Waals surface area contributed by atoms with Crippen LogP contribution < -0.4 is 0 Å². The zero-order chi connectivity index (χ0) is 9.57. The Kier molecular flexibility index (Phi) is 2.03. The van der Waals surface area contributed by atoms with Crippen molar-refractivity contribution in [2.75, 3.05) is 5.75 Å². The van der Waals surface area contributed by atoms with E-state index in [-0.39, 0.29) is 5.57 Å². The lowest BCUT2D eigenvalue weighted by atomic mass is 10.2. The van der Waals surface area contributed by atoms with Crippen molar-refractivity contribution in [2.45, 2.75) is 11.4 Å². The van der Waals surface area contributed by atoms with Gasteiger partial charge in [0, 0.05) is 31.8 Å². The smallest absolute Gasteiger partial charge is 0.263 e. The van der Waals surface area contributed by atoms with Gasteiger partial charge in [-0.15, -0.1) is 0 Å². The highest BCUT2D eigenvalue weighted by Crippen LogP contribution is 2.35. The third kappa shape index (κ3) is 1.38. The lowest BCUT2D eigenvalue weighted by Crippen LogP contribution is -2.34. The Hall–Kier alpha value is -0.430. The maximum Gasteiger partial charge on any atom is 0.310 e. The van der Waals surface area contributed by atoms with Gasteiger partial charge in [0.15, 0.2) is 9.84 Å². The molecule has 0 aliphatic carbocycles. The molecule has 0 spiro atoms. The summed E-state index contributed by atoms with van der Waals surface area (Å²) in [6.07, 6.45) is 0. The first-order chi connectivity index (χ1) is 5.28. The second-order valence-electron chi connectivity index (χ2n) is 2.62. The van der Waals surface area contributed by atoms with Crippen molar-refractivity contribution in [3.63, 3.8) is 0 Å². The topological polar surface area (TPSA) is 77.3 Å². The highest BCUT2D eigenvalue weighted by atomic mass is 79.9. The molecular weight excluding hydrogens is 250 g/mol. The van der Waals surface area contributed by atoms with Gasteiger partial charge in [0.25, 0.3) is 0 Å². The average molecular weight is 256 g/mol. The summed E-state index contributed by atoms with van der Waals surface area (Å²) in [6.45, 7) is 1.42. The Morgan fingerprint density at radius 1 is 1.75 bits per heavy atom. The lowest BCUT2D eigenvalue weighted by Gasteiger charge is -2.11. The predicted octanol–water partition coefficient (Wildman–Crippen LogP) is 0.687. The van der Waals surface area contributed by atoms with Crippen molar-refractivity contribution < 1.29 is 13.3 Å². The molecule has 7 heteroatoms. The Morgan fingerprint density at radius 3 is 2.42 bits per heavy atom. The van der Waals surface area contributed by atoms with Gasteiger partial charge >= 0.3 is 4.45 Å². The summed E-state index contributed by atoms with van der Waals surface area (Å²) in [5.74, 6) is -0.501. The van der Waals surface area contributed by atoms with Gasteiger partial charge in [-0.2, -0.15) is 0 Å². The van der Waals surface area contributed by atoms with Crippen molar-refractivity contribution in [3.8, 4) is 0 Å². The van der Waals surface area contributed by atoms with E-state index >= 15 is 0 Å². The molecule has 1 aliphatic heterocycles. The fourth-order valence-corrected chi connectivity index (χ4v) is 3.88. The number of rotatable bonds is 1. The number of hydrogen-bond donors (Lipinski definition) is 0. The molecule has 0 bridgehead atoms. The molecule has 0 amide bonds. The van der Waals surface area contributed by atoms with E-state index in [0.717, 1.165) is 5.41 Å². The van der Waals surface area contributed by atoms with Crippen LogP contribution in [0.1, 0.15) is 6.92 Å². The van der Waals surface area contributed by atoms with Crippen molar-refractivity contribution in [3.05, 3.63) is 21.1 Å². The van der Waals surface area contributed by atoms with Gasteiger partial charge in [0.2, 0.25) is 0 Å². The SMILES string of the molecule is CC1=CS(=O)(=O)C[C@]1(Br)[N+](=O)[O-]. The third-order valence-corrected chi connectivity index (χ3v) is 4.74. The highest BCUT2D eigenvalue weighted by molar-refractivity contribution is 9.10. The normalized spacial score (nSPS) is 33.0. The summed E-state index contributed by atoms with van der Waals surface area (Å²) in [6, 6.07) is 0. The molecule has 0 saturated heterocycles. The van der Waals surface area contributed by atoms with Gasteiger partial charge in [0.05, 0.1) is 0 Å². The van der Waals surface area contributed by atoms with Crippen LogP contribution in [-0.2, 0) is 9.84 Å². The Labute approximate surface area is 77.6 Å². The molecular formula is C5H6BrNO4S. The van der Waals surface area contributed by atoms with Crippen LogP contribution in [0.4, 0.5) is 0 Å². The van der Waals surface area contributed by atoms with Crippen LogP contribution in [0, 0.1) is 10.1 Å². The molecule has 1 aliphatic rings. The third-order valence-electron chi connectivity index (χ3n) is 1.64. The molecule has 0 unspecified atom stereocenters. The fraction of sp³-hybridized carbons (Fsp3) is 0.600. The molecule has 0 aromatic carbocycles. The van der Waals surface area contributed by atoms with Crippen LogP contribution in [0.5, 0.6) is 0 Å². The van der Waals surface area contributed by atoms with Crippen LogP contribution in [0.25, 0.3) is 0 Å². The second-order valence-corrected chi connectivity index (χ2v) is 5.79. The predicted molar refractivity (Wildman–Crippen MR) is 46.2 cm³/mol.